The summed E-state index contributed by atoms with van der Waals surface area (Å²) in [6, 6.07) is 0.899. The van der Waals surface area contributed by atoms with Gasteiger partial charge >= 0.3 is 6.09 Å². The average Bonchev–Trinajstić information content (AvgIpc) is 3.17. The van der Waals surface area contributed by atoms with Crippen LogP contribution in [0.1, 0.15) is 30.9 Å². The fourth-order valence-corrected chi connectivity index (χ4v) is 2.56. The van der Waals surface area contributed by atoms with Crippen LogP contribution in [0, 0.1) is 17.6 Å². The maximum absolute atomic E-state index is 13.9. The third-order valence-corrected chi connectivity index (χ3v) is 3.99. The molecule has 0 heterocycles. The predicted molar refractivity (Wildman–Crippen MR) is 73.2 cm³/mol. The Balaban J connectivity index is 2.32. The molecule has 1 aliphatic carbocycles. The molecule has 1 saturated carbocycles. The van der Waals surface area contributed by atoms with Crippen molar-refractivity contribution in [3.63, 3.8) is 0 Å². The quantitative estimate of drug-likeness (QED) is 0.874. The summed E-state index contributed by atoms with van der Waals surface area (Å²) in [4.78, 5) is 12.0. The SMILES string of the molecule is CN(C(=O)O)[C@@H](CC1CC1)C(O)c1c(F)cc(Cl)cc1F. The molecule has 2 N–H and O–H groups in total. The van der Waals surface area contributed by atoms with Crippen molar-refractivity contribution in [2.24, 2.45) is 5.92 Å². The van der Waals surface area contributed by atoms with E-state index in [9.17, 15) is 18.7 Å². The Morgan fingerprint density at radius 3 is 2.38 bits per heavy atom. The van der Waals surface area contributed by atoms with Crippen molar-refractivity contribution in [1.29, 1.82) is 0 Å². The molecule has 0 aliphatic heterocycles. The fourth-order valence-electron chi connectivity index (χ4n) is 2.36. The van der Waals surface area contributed by atoms with Gasteiger partial charge in [0, 0.05) is 12.1 Å². The van der Waals surface area contributed by atoms with E-state index in [1.54, 1.807) is 0 Å². The number of likely N-dealkylation sites (N-methyl/N-ethyl adjacent to an activating group) is 1. The van der Waals surface area contributed by atoms with E-state index in [-0.39, 0.29) is 10.9 Å². The normalized spacial score (nSPS) is 17.4. The van der Waals surface area contributed by atoms with Crippen LogP contribution in [0.2, 0.25) is 5.02 Å². The number of benzene rings is 1. The van der Waals surface area contributed by atoms with Gasteiger partial charge in [0.1, 0.15) is 17.7 Å². The highest BCUT2D eigenvalue weighted by Gasteiger charge is 2.36. The van der Waals surface area contributed by atoms with Gasteiger partial charge in [-0.25, -0.2) is 13.6 Å². The zero-order valence-corrected chi connectivity index (χ0v) is 12.1. The van der Waals surface area contributed by atoms with Crippen molar-refractivity contribution in [1.82, 2.24) is 4.90 Å². The first kappa shape index (κ1) is 16.0. The Hall–Kier alpha value is -1.40. The first-order valence-corrected chi connectivity index (χ1v) is 6.97. The Bertz CT molecular complexity index is 528. The Morgan fingerprint density at radius 1 is 1.43 bits per heavy atom. The van der Waals surface area contributed by atoms with Crippen LogP contribution in [0.3, 0.4) is 0 Å². The van der Waals surface area contributed by atoms with Crippen molar-refractivity contribution < 1.29 is 23.8 Å². The number of carbonyl (C=O) groups is 1. The van der Waals surface area contributed by atoms with E-state index < -0.39 is 35.4 Å². The molecule has 1 aliphatic rings. The predicted octanol–water partition coefficient (Wildman–Crippen LogP) is 3.43. The summed E-state index contributed by atoms with van der Waals surface area (Å²) < 4.78 is 27.8. The van der Waals surface area contributed by atoms with Crippen molar-refractivity contribution in [2.75, 3.05) is 7.05 Å². The standard InChI is InChI=1S/C14H16ClF2NO3/c1-18(14(20)21)11(4-7-2-3-7)13(19)12-9(16)5-8(15)6-10(12)17/h5-7,11,13,19H,2-4H2,1H3,(H,20,21)/t11-,13?/m0/s1. The Morgan fingerprint density at radius 2 is 1.95 bits per heavy atom. The van der Waals surface area contributed by atoms with E-state index in [0.29, 0.717) is 6.42 Å². The molecule has 1 amide bonds. The van der Waals surface area contributed by atoms with E-state index in [1.165, 1.54) is 7.05 Å². The second-order valence-corrected chi connectivity index (χ2v) is 5.80. The summed E-state index contributed by atoms with van der Waals surface area (Å²) in [5.41, 5.74) is -0.543. The number of aliphatic hydroxyl groups excluding tert-OH is 1. The lowest BCUT2D eigenvalue weighted by atomic mass is 9.96. The molecule has 116 valence electrons. The zero-order valence-electron chi connectivity index (χ0n) is 11.4. The Kier molecular flexibility index (Phi) is 4.68. The lowest BCUT2D eigenvalue weighted by molar-refractivity contribution is 0.0485. The van der Waals surface area contributed by atoms with E-state index >= 15 is 0 Å². The molecular weight excluding hydrogens is 304 g/mol. The van der Waals surface area contributed by atoms with Gasteiger partial charge in [0.25, 0.3) is 0 Å². The number of rotatable bonds is 5. The molecule has 1 unspecified atom stereocenters. The van der Waals surface area contributed by atoms with Crippen molar-refractivity contribution in [2.45, 2.75) is 31.4 Å². The monoisotopic (exact) mass is 319 g/mol. The summed E-state index contributed by atoms with van der Waals surface area (Å²) in [6.45, 7) is 0. The summed E-state index contributed by atoms with van der Waals surface area (Å²) in [6.07, 6.45) is -0.603. The molecule has 1 aromatic carbocycles. The molecule has 1 aromatic rings. The zero-order chi connectivity index (χ0) is 15.7. The summed E-state index contributed by atoms with van der Waals surface area (Å²) in [7, 11) is 1.28. The van der Waals surface area contributed by atoms with Crippen molar-refractivity contribution >= 4 is 17.7 Å². The van der Waals surface area contributed by atoms with Gasteiger partial charge in [-0.3, -0.25) is 0 Å². The van der Waals surface area contributed by atoms with Gasteiger partial charge in [-0.2, -0.15) is 0 Å². The summed E-state index contributed by atoms with van der Waals surface area (Å²) >= 11 is 5.55. The highest BCUT2D eigenvalue weighted by Crippen LogP contribution is 2.39. The van der Waals surface area contributed by atoms with Crippen LogP contribution in [-0.4, -0.2) is 34.3 Å². The molecule has 0 saturated heterocycles. The van der Waals surface area contributed by atoms with Crippen LogP contribution < -0.4 is 0 Å². The van der Waals surface area contributed by atoms with Crippen LogP contribution in [0.25, 0.3) is 0 Å². The molecular formula is C14H16ClF2NO3. The number of hydrogen-bond donors (Lipinski definition) is 2. The number of halogens is 3. The second kappa shape index (κ2) is 6.15. The number of nitrogens with zero attached hydrogens (tertiary/aromatic N) is 1. The minimum absolute atomic E-state index is 0.119. The maximum Gasteiger partial charge on any atom is 0.407 e. The molecule has 2 rings (SSSR count). The molecule has 21 heavy (non-hydrogen) atoms. The highest BCUT2D eigenvalue weighted by atomic mass is 35.5. The van der Waals surface area contributed by atoms with Crippen molar-refractivity contribution in [3.8, 4) is 0 Å². The molecule has 1 fully saturated rings. The number of amides is 1. The van der Waals surface area contributed by atoms with Gasteiger partial charge in [0.2, 0.25) is 0 Å². The summed E-state index contributed by atoms with van der Waals surface area (Å²) in [5, 5.41) is 19.3. The van der Waals surface area contributed by atoms with E-state index in [2.05, 4.69) is 0 Å². The summed E-state index contributed by atoms with van der Waals surface area (Å²) in [5.74, 6) is -1.68. The largest absolute Gasteiger partial charge is 0.465 e. The molecule has 0 radical (unpaired) electrons. The van der Waals surface area contributed by atoms with E-state index in [1.807, 2.05) is 0 Å². The first-order valence-electron chi connectivity index (χ1n) is 6.59. The highest BCUT2D eigenvalue weighted by molar-refractivity contribution is 6.30. The van der Waals surface area contributed by atoms with Gasteiger partial charge < -0.3 is 15.1 Å². The van der Waals surface area contributed by atoms with E-state index in [0.717, 1.165) is 29.9 Å². The number of aliphatic hydroxyl groups is 1. The van der Waals surface area contributed by atoms with E-state index in [4.69, 9.17) is 16.7 Å². The van der Waals surface area contributed by atoms with Crippen molar-refractivity contribution in [3.05, 3.63) is 34.4 Å². The lowest BCUT2D eigenvalue weighted by Gasteiger charge is -2.30. The minimum atomic E-state index is -1.58. The molecule has 4 nitrogen and oxygen atoms in total. The third-order valence-electron chi connectivity index (χ3n) is 3.77. The van der Waals surface area contributed by atoms with Gasteiger partial charge in [0.05, 0.1) is 11.6 Å². The Labute approximate surface area is 125 Å². The maximum atomic E-state index is 13.9. The lowest BCUT2D eigenvalue weighted by Crippen LogP contribution is -2.41. The molecule has 0 spiro atoms. The smallest absolute Gasteiger partial charge is 0.407 e. The average molecular weight is 320 g/mol. The van der Waals surface area contributed by atoms with Gasteiger partial charge in [-0.1, -0.05) is 24.4 Å². The van der Waals surface area contributed by atoms with Crippen LogP contribution in [0.5, 0.6) is 0 Å². The van der Waals surface area contributed by atoms with Gasteiger partial charge in [-0.05, 0) is 24.5 Å². The van der Waals surface area contributed by atoms with Crippen LogP contribution >= 0.6 is 11.6 Å². The topological polar surface area (TPSA) is 60.8 Å². The molecule has 2 atom stereocenters. The van der Waals surface area contributed by atoms with Gasteiger partial charge in [0.15, 0.2) is 0 Å². The first-order chi connectivity index (χ1) is 9.81. The number of hydrogen-bond acceptors (Lipinski definition) is 2. The molecule has 0 bridgehead atoms. The molecule has 7 heteroatoms. The molecule has 0 aromatic heterocycles. The number of carboxylic acid groups (broad SMARTS) is 1. The fraction of sp³-hybridized carbons (Fsp3) is 0.500. The second-order valence-electron chi connectivity index (χ2n) is 5.37. The minimum Gasteiger partial charge on any atom is -0.465 e. The van der Waals surface area contributed by atoms with Crippen LogP contribution in [0.4, 0.5) is 13.6 Å². The van der Waals surface area contributed by atoms with Crippen LogP contribution in [-0.2, 0) is 0 Å². The van der Waals surface area contributed by atoms with Gasteiger partial charge in [-0.15, -0.1) is 0 Å². The third kappa shape index (κ3) is 3.63. The van der Waals surface area contributed by atoms with Crippen LogP contribution in [0.15, 0.2) is 12.1 Å².